The van der Waals surface area contributed by atoms with Gasteiger partial charge in [0.15, 0.2) is 0 Å². The van der Waals surface area contributed by atoms with Gasteiger partial charge in [0.25, 0.3) is 5.91 Å². The third-order valence-corrected chi connectivity index (χ3v) is 4.16. The molecular formula is C20H23N3O2. The Balaban J connectivity index is 1.69. The first-order valence-electron chi connectivity index (χ1n) is 8.59. The molecule has 2 aromatic rings. The Bertz CT molecular complexity index is 683. The van der Waals surface area contributed by atoms with E-state index in [1.165, 1.54) is 0 Å². The lowest BCUT2D eigenvalue weighted by atomic mass is 10.2. The van der Waals surface area contributed by atoms with Crippen LogP contribution in [0.5, 0.6) is 0 Å². The average Bonchev–Trinajstić information content (AvgIpc) is 2.69. The summed E-state index contributed by atoms with van der Waals surface area (Å²) >= 11 is 0. The van der Waals surface area contributed by atoms with Crippen LogP contribution in [0.25, 0.3) is 6.08 Å². The van der Waals surface area contributed by atoms with Gasteiger partial charge in [-0.05, 0) is 30.3 Å². The maximum Gasteiger partial charge on any atom is 0.251 e. The monoisotopic (exact) mass is 337 g/mol. The Hall–Kier alpha value is -2.50. The zero-order valence-corrected chi connectivity index (χ0v) is 14.3. The highest BCUT2D eigenvalue weighted by atomic mass is 16.5. The number of hydrogen-bond donors (Lipinski definition) is 0. The van der Waals surface area contributed by atoms with Crippen LogP contribution in [0.1, 0.15) is 5.69 Å². The van der Waals surface area contributed by atoms with Crippen LogP contribution in [0, 0.1) is 0 Å². The van der Waals surface area contributed by atoms with Gasteiger partial charge in [0.1, 0.15) is 0 Å². The summed E-state index contributed by atoms with van der Waals surface area (Å²) in [6.07, 6.45) is 5.07. The van der Waals surface area contributed by atoms with Crippen LogP contribution in [0.15, 0.2) is 60.8 Å². The lowest BCUT2D eigenvalue weighted by Crippen LogP contribution is -2.42. The second kappa shape index (κ2) is 9.11. The molecule has 0 bridgehead atoms. The van der Waals surface area contributed by atoms with Gasteiger partial charge in [-0.15, -0.1) is 0 Å². The van der Waals surface area contributed by atoms with Gasteiger partial charge >= 0.3 is 0 Å². The number of rotatable bonds is 6. The van der Waals surface area contributed by atoms with Gasteiger partial charge in [-0.3, -0.25) is 14.7 Å². The SMILES string of the molecule is O=C(C=Cc1ccccn1)N(CCN1CCOCC1)c1ccccc1. The Labute approximate surface area is 148 Å². The molecule has 130 valence electrons. The second-order valence-corrected chi connectivity index (χ2v) is 5.87. The molecular weight excluding hydrogens is 314 g/mol. The van der Waals surface area contributed by atoms with E-state index in [-0.39, 0.29) is 5.91 Å². The summed E-state index contributed by atoms with van der Waals surface area (Å²) in [6.45, 7) is 4.84. The van der Waals surface area contributed by atoms with E-state index in [1.54, 1.807) is 18.3 Å². The third kappa shape index (κ3) is 5.24. The van der Waals surface area contributed by atoms with Gasteiger partial charge < -0.3 is 9.64 Å². The molecule has 0 unspecified atom stereocenters. The van der Waals surface area contributed by atoms with E-state index >= 15 is 0 Å². The number of carbonyl (C=O) groups excluding carboxylic acids is 1. The Morgan fingerprint density at radius 2 is 1.88 bits per heavy atom. The molecule has 5 heteroatoms. The molecule has 25 heavy (non-hydrogen) atoms. The number of pyridine rings is 1. The van der Waals surface area contributed by atoms with Crippen molar-refractivity contribution in [3.05, 3.63) is 66.5 Å². The Kier molecular flexibility index (Phi) is 6.31. The number of ether oxygens (including phenoxy) is 1. The Morgan fingerprint density at radius 1 is 1.12 bits per heavy atom. The first-order valence-corrected chi connectivity index (χ1v) is 8.59. The zero-order chi connectivity index (χ0) is 17.3. The fraction of sp³-hybridized carbons (Fsp3) is 0.300. The van der Waals surface area contributed by atoms with Crippen LogP contribution in [0.3, 0.4) is 0 Å². The minimum absolute atomic E-state index is 0.0369. The van der Waals surface area contributed by atoms with E-state index in [9.17, 15) is 4.79 Å². The maximum atomic E-state index is 12.8. The summed E-state index contributed by atoms with van der Waals surface area (Å²) in [5.74, 6) is -0.0369. The molecule has 5 nitrogen and oxygen atoms in total. The number of amides is 1. The molecule has 0 atom stereocenters. The number of morpholine rings is 1. The Morgan fingerprint density at radius 3 is 2.60 bits per heavy atom. The summed E-state index contributed by atoms with van der Waals surface area (Å²) in [5, 5.41) is 0. The maximum absolute atomic E-state index is 12.8. The number of anilines is 1. The topological polar surface area (TPSA) is 45.7 Å². The molecule has 0 radical (unpaired) electrons. The van der Waals surface area contributed by atoms with Crippen LogP contribution in [-0.4, -0.2) is 55.2 Å². The van der Waals surface area contributed by atoms with Gasteiger partial charge in [0, 0.05) is 44.1 Å². The molecule has 1 aromatic carbocycles. The van der Waals surface area contributed by atoms with E-state index < -0.39 is 0 Å². The van der Waals surface area contributed by atoms with Crippen molar-refractivity contribution >= 4 is 17.7 Å². The fourth-order valence-corrected chi connectivity index (χ4v) is 2.76. The van der Waals surface area contributed by atoms with E-state index in [2.05, 4.69) is 9.88 Å². The van der Waals surface area contributed by atoms with Crippen LogP contribution in [0.2, 0.25) is 0 Å². The largest absolute Gasteiger partial charge is 0.379 e. The van der Waals surface area contributed by atoms with Crippen molar-refractivity contribution < 1.29 is 9.53 Å². The summed E-state index contributed by atoms with van der Waals surface area (Å²) < 4.78 is 5.39. The van der Waals surface area contributed by atoms with Crippen LogP contribution >= 0.6 is 0 Å². The van der Waals surface area contributed by atoms with Gasteiger partial charge in [0.2, 0.25) is 0 Å². The third-order valence-electron chi connectivity index (χ3n) is 4.16. The molecule has 1 fully saturated rings. The fourth-order valence-electron chi connectivity index (χ4n) is 2.76. The highest BCUT2D eigenvalue weighted by molar-refractivity contribution is 6.03. The minimum atomic E-state index is -0.0369. The standard InChI is InChI=1S/C20H23N3O2/c24-20(10-9-18-6-4-5-11-21-18)23(19-7-2-1-3-8-19)13-12-22-14-16-25-17-15-22/h1-11H,12-17H2. The van der Waals surface area contributed by atoms with Crippen LogP contribution in [0.4, 0.5) is 5.69 Å². The van der Waals surface area contributed by atoms with Crippen molar-refractivity contribution in [3.8, 4) is 0 Å². The lowest BCUT2D eigenvalue weighted by molar-refractivity contribution is -0.114. The van der Waals surface area contributed by atoms with E-state index in [0.29, 0.717) is 6.54 Å². The first kappa shape index (κ1) is 17.3. The zero-order valence-electron chi connectivity index (χ0n) is 14.3. The highest BCUT2D eigenvalue weighted by Gasteiger charge is 2.16. The number of nitrogens with zero attached hydrogens (tertiary/aromatic N) is 3. The average molecular weight is 337 g/mol. The number of benzene rings is 1. The van der Waals surface area contributed by atoms with Crippen molar-refractivity contribution in [2.45, 2.75) is 0 Å². The van der Waals surface area contributed by atoms with E-state index in [4.69, 9.17) is 4.74 Å². The molecule has 0 spiro atoms. The van der Waals surface area contributed by atoms with Gasteiger partial charge in [-0.1, -0.05) is 24.3 Å². The minimum Gasteiger partial charge on any atom is -0.379 e. The molecule has 1 aromatic heterocycles. The van der Waals surface area contributed by atoms with Crippen molar-refractivity contribution in [1.82, 2.24) is 9.88 Å². The molecule has 1 saturated heterocycles. The number of carbonyl (C=O) groups is 1. The van der Waals surface area contributed by atoms with Crippen LogP contribution < -0.4 is 4.90 Å². The predicted molar refractivity (Wildman–Crippen MR) is 99.3 cm³/mol. The van der Waals surface area contributed by atoms with Gasteiger partial charge in [0.05, 0.1) is 18.9 Å². The summed E-state index contributed by atoms with van der Waals surface area (Å²) in [5.41, 5.74) is 1.68. The molecule has 1 aliphatic rings. The van der Waals surface area contributed by atoms with E-state index in [0.717, 1.165) is 44.2 Å². The number of aromatic nitrogens is 1. The molecule has 1 amide bonds. The summed E-state index contributed by atoms with van der Waals surface area (Å²) in [7, 11) is 0. The van der Waals surface area contributed by atoms with E-state index in [1.807, 2.05) is 53.4 Å². The predicted octanol–water partition coefficient (Wildman–Crippen LogP) is 2.46. The number of hydrogen-bond acceptors (Lipinski definition) is 4. The normalized spacial score (nSPS) is 15.4. The second-order valence-electron chi connectivity index (χ2n) is 5.87. The van der Waals surface area contributed by atoms with Gasteiger partial charge in [-0.25, -0.2) is 0 Å². The molecule has 0 N–H and O–H groups in total. The van der Waals surface area contributed by atoms with Crippen molar-refractivity contribution in [3.63, 3.8) is 0 Å². The molecule has 3 rings (SSSR count). The molecule has 0 aliphatic carbocycles. The molecule has 1 aliphatic heterocycles. The van der Waals surface area contributed by atoms with Crippen LogP contribution in [-0.2, 0) is 9.53 Å². The van der Waals surface area contributed by atoms with Crippen molar-refractivity contribution in [2.75, 3.05) is 44.3 Å². The lowest BCUT2D eigenvalue weighted by Gasteiger charge is -2.29. The quantitative estimate of drug-likeness (QED) is 0.760. The summed E-state index contributed by atoms with van der Waals surface area (Å²) in [6, 6.07) is 15.4. The molecule has 0 saturated carbocycles. The smallest absolute Gasteiger partial charge is 0.251 e. The van der Waals surface area contributed by atoms with Crippen molar-refractivity contribution in [2.24, 2.45) is 0 Å². The highest BCUT2D eigenvalue weighted by Crippen LogP contribution is 2.14. The van der Waals surface area contributed by atoms with Crippen molar-refractivity contribution in [1.29, 1.82) is 0 Å². The first-order chi connectivity index (χ1) is 12.3. The number of para-hydroxylation sites is 1. The molecule has 2 heterocycles. The summed E-state index contributed by atoms with van der Waals surface area (Å²) in [4.78, 5) is 21.1. The van der Waals surface area contributed by atoms with Gasteiger partial charge in [-0.2, -0.15) is 0 Å².